The number of primary amides is 1. The summed E-state index contributed by atoms with van der Waals surface area (Å²) in [4.78, 5) is 37.4. The Labute approximate surface area is 150 Å². The molecule has 25 heavy (non-hydrogen) atoms. The Bertz CT molecular complexity index is 767. The number of carboxylic acids is 1. The number of rotatable bonds is 5. The third-order valence-electron chi connectivity index (χ3n) is 5.38. The largest absolute Gasteiger partial charge is 0.481 e. The lowest BCUT2D eigenvalue weighted by atomic mass is 9.62. The van der Waals surface area contributed by atoms with E-state index in [4.69, 9.17) is 5.73 Å². The molecule has 1 aromatic heterocycles. The lowest BCUT2D eigenvalue weighted by Crippen LogP contribution is -2.47. The van der Waals surface area contributed by atoms with E-state index in [-0.39, 0.29) is 17.7 Å². The number of allylic oxidation sites excluding steroid dienone is 2. The van der Waals surface area contributed by atoms with Gasteiger partial charge in [0.2, 0.25) is 5.91 Å². The van der Waals surface area contributed by atoms with Crippen LogP contribution in [0.4, 0.5) is 5.00 Å². The Balaban J connectivity index is 1.91. The fraction of sp³-hybridized carbons (Fsp3) is 0.500. The topological polar surface area (TPSA) is 109 Å². The Morgan fingerprint density at radius 1 is 1.24 bits per heavy atom. The van der Waals surface area contributed by atoms with Gasteiger partial charge in [-0.3, -0.25) is 14.4 Å². The number of hydrogen-bond acceptors (Lipinski definition) is 4. The molecule has 0 unspecified atom stereocenters. The zero-order valence-corrected chi connectivity index (χ0v) is 15.1. The van der Waals surface area contributed by atoms with Crippen molar-refractivity contribution in [3.05, 3.63) is 28.2 Å². The van der Waals surface area contributed by atoms with Crippen LogP contribution in [-0.2, 0) is 16.0 Å². The molecular weight excluding hydrogens is 340 g/mol. The number of carbonyl (C=O) groups is 3. The molecule has 6 nitrogen and oxygen atoms in total. The van der Waals surface area contributed by atoms with Gasteiger partial charge in [0.25, 0.3) is 5.91 Å². The molecule has 0 spiro atoms. The highest BCUT2D eigenvalue weighted by molar-refractivity contribution is 7.16. The summed E-state index contributed by atoms with van der Waals surface area (Å²) in [6.07, 6.45) is 6.15. The van der Waals surface area contributed by atoms with E-state index in [0.717, 1.165) is 23.3 Å². The fourth-order valence-electron chi connectivity index (χ4n) is 4.24. The first-order valence-electron chi connectivity index (χ1n) is 8.49. The second kappa shape index (κ2) is 6.63. The second-order valence-corrected chi connectivity index (χ2v) is 7.95. The number of nitrogens with one attached hydrogen (secondary N) is 1. The van der Waals surface area contributed by atoms with Gasteiger partial charge < -0.3 is 16.2 Å². The van der Waals surface area contributed by atoms with Crippen molar-refractivity contribution >= 4 is 34.1 Å². The fourth-order valence-corrected chi connectivity index (χ4v) is 5.39. The second-order valence-electron chi connectivity index (χ2n) is 6.73. The number of aliphatic carboxylic acids is 1. The maximum Gasteiger partial charge on any atom is 0.307 e. The Kier molecular flexibility index (Phi) is 4.69. The molecule has 4 atom stereocenters. The smallest absolute Gasteiger partial charge is 0.307 e. The minimum atomic E-state index is -0.939. The number of aryl methyl sites for hydroxylation is 1. The van der Waals surface area contributed by atoms with Crippen LogP contribution in [0.25, 0.3) is 0 Å². The van der Waals surface area contributed by atoms with E-state index in [9.17, 15) is 19.5 Å². The highest BCUT2D eigenvalue weighted by Crippen LogP contribution is 2.46. The first-order chi connectivity index (χ1) is 11.8. The van der Waals surface area contributed by atoms with E-state index in [2.05, 4.69) is 5.32 Å². The van der Waals surface area contributed by atoms with Crippen molar-refractivity contribution in [3.8, 4) is 0 Å². The van der Waals surface area contributed by atoms with Crippen molar-refractivity contribution in [3.63, 3.8) is 0 Å². The number of carbonyl (C=O) groups excluding carboxylic acids is 2. The van der Waals surface area contributed by atoms with Crippen LogP contribution in [0.3, 0.4) is 0 Å². The van der Waals surface area contributed by atoms with Crippen LogP contribution in [0.5, 0.6) is 0 Å². The van der Waals surface area contributed by atoms with Gasteiger partial charge in [-0.15, -0.1) is 11.3 Å². The number of anilines is 1. The molecule has 3 aliphatic rings. The Morgan fingerprint density at radius 3 is 2.32 bits per heavy atom. The molecule has 1 aromatic rings. The van der Waals surface area contributed by atoms with Crippen LogP contribution < -0.4 is 11.1 Å². The predicted octanol–water partition coefficient (Wildman–Crippen LogP) is 2.57. The van der Waals surface area contributed by atoms with Crippen molar-refractivity contribution < 1.29 is 19.5 Å². The van der Waals surface area contributed by atoms with Crippen LogP contribution in [0.15, 0.2) is 12.2 Å². The van der Waals surface area contributed by atoms with Gasteiger partial charge in [-0.1, -0.05) is 19.1 Å². The van der Waals surface area contributed by atoms with Gasteiger partial charge >= 0.3 is 5.97 Å². The van der Waals surface area contributed by atoms with Gasteiger partial charge in [-0.05, 0) is 43.6 Å². The summed E-state index contributed by atoms with van der Waals surface area (Å²) in [7, 11) is 0. The molecule has 0 aliphatic heterocycles. The number of nitrogens with two attached hydrogens (primary N) is 1. The quantitative estimate of drug-likeness (QED) is 0.699. The molecule has 1 heterocycles. The number of carboxylic acid groups (broad SMARTS) is 1. The average molecular weight is 362 g/mol. The standard InChI is InChI=1S/C18H22N2O4S/c1-3-11-8(2)25-17(14(11)15(19)21)20-16(22)12-9-4-6-10(7-5-9)13(12)18(23)24/h4,6,9-10,12-13H,3,5,7H2,1-2H3,(H2,19,21)(H,20,22)(H,23,24)/t9-,10+,12+,13+/m1/s1. The van der Waals surface area contributed by atoms with Crippen LogP contribution in [-0.4, -0.2) is 22.9 Å². The summed E-state index contributed by atoms with van der Waals surface area (Å²) in [6, 6.07) is 0. The van der Waals surface area contributed by atoms with Crippen LogP contribution in [0.1, 0.15) is 40.6 Å². The van der Waals surface area contributed by atoms with E-state index < -0.39 is 23.7 Å². The number of fused-ring (bicyclic) bond motifs is 2. The van der Waals surface area contributed by atoms with E-state index in [1.54, 1.807) is 0 Å². The van der Waals surface area contributed by atoms with Gasteiger partial charge in [-0.25, -0.2) is 0 Å². The minimum absolute atomic E-state index is 0.0742. The summed E-state index contributed by atoms with van der Waals surface area (Å²) >= 11 is 1.32. The maximum absolute atomic E-state index is 12.9. The van der Waals surface area contributed by atoms with E-state index >= 15 is 0 Å². The van der Waals surface area contributed by atoms with Gasteiger partial charge in [0.1, 0.15) is 5.00 Å². The van der Waals surface area contributed by atoms with Crippen molar-refractivity contribution in [2.24, 2.45) is 29.4 Å². The van der Waals surface area contributed by atoms with Gasteiger partial charge in [0.05, 0.1) is 17.4 Å². The van der Waals surface area contributed by atoms with Gasteiger partial charge in [0, 0.05) is 4.88 Å². The van der Waals surface area contributed by atoms with Gasteiger partial charge in [-0.2, -0.15) is 0 Å². The SMILES string of the molecule is CCc1c(C)sc(NC(=O)[C@@H]2[C@@H](C(=O)O)[C@H]3C=C[C@@H]2CC3)c1C(N)=O. The molecule has 1 saturated carbocycles. The molecule has 2 amide bonds. The molecule has 3 aliphatic carbocycles. The number of amides is 2. The first kappa shape index (κ1) is 17.7. The zero-order chi connectivity index (χ0) is 18.3. The highest BCUT2D eigenvalue weighted by atomic mass is 32.1. The molecule has 1 fully saturated rings. The van der Waals surface area contributed by atoms with Gasteiger partial charge in [0.15, 0.2) is 0 Å². The molecule has 4 N–H and O–H groups in total. The first-order valence-corrected chi connectivity index (χ1v) is 9.30. The van der Waals surface area contributed by atoms with Crippen LogP contribution >= 0.6 is 11.3 Å². The monoisotopic (exact) mass is 362 g/mol. The zero-order valence-electron chi connectivity index (χ0n) is 14.2. The number of thiophene rings is 1. The molecular formula is C18H22N2O4S. The highest BCUT2D eigenvalue weighted by Gasteiger charge is 2.48. The molecule has 2 bridgehead atoms. The Morgan fingerprint density at radius 2 is 1.84 bits per heavy atom. The molecule has 134 valence electrons. The third-order valence-corrected chi connectivity index (χ3v) is 6.44. The maximum atomic E-state index is 12.9. The lowest BCUT2D eigenvalue weighted by molar-refractivity contribution is -0.151. The Hall–Kier alpha value is -2.15. The minimum Gasteiger partial charge on any atom is -0.481 e. The van der Waals surface area contributed by atoms with E-state index in [0.29, 0.717) is 17.0 Å². The summed E-state index contributed by atoms with van der Waals surface area (Å²) in [5.74, 6) is -3.36. The van der Waals surface area contributed by atoms with Crippen molar-refractivity contribution in [2.75, 3.05) is 5.32 Å². The predicted molar refractivity (Wildman–Crippen MR) is 95.6 cm³/mol. The summed E-state index contributed by atoms with van der Waals surface area (Å²) in [5, 5.41) is 12.8. The number of hydrogen-bond donors (Lipinski definition) is 3. The lowest BCUT2D eigenvalue weighted by Gasteiger charge is -2.41. The summed E-state index contributed by atoms with van der Waals surface area (Å²) < 4.78 is 0. The molecule has 7 heteroatoms. The van der Waals surface area contributed by atoms with Crippen LogP contribution in [0.2, 0.25) is 0 Å². The van der Waals surface area contributed by atoms with Crippen molar-refractivity contribution in [1.29, 1.82) is 0 Å². The average Bonchev–Trinajstić information content (AvgIpc) is 2.90. The molecule has 0 aromatic carbocycles. The van der Waals surface area contributed by atoms with Crippen molar-refractivity contribution in [2.45, 2.75) is 33.1 Å². The normalized spacial score (nSPS) is 27.3. The molecule has 4 rings (SSSR count). The molecule has 0 radical (unpaired) electrons. The summed E-state index contributed by atoms with van der Waals surface area (Å²) in [5.41, 5.74) is 6.69. The third kappa shape index (κ3) is 2.97. The van der Waals surface area contributed by atoms with E-state index in [1.165, 1.54) is 11.3 Å². The summed E-state index contributed by atoms with van der Waals surface area (Å²) in [6.45, 7) is 3.81. The van der Waals surface area contributed by atoms with Crippen molar-refractivity contribution in [1.82, 2.24) is 0 Å². The molecule has 0 saturated heterocycles. The van der Waals surface area contributed by atoms with Crippen LogP contribution in [0, 0.1) is 30.6 Å². The van der Waals surface area contributed by atoms with E-state index in [1.807, 2.05) is 26.0 Å².